The lowest BCUT2D eigenvalue weighted by Gasteiger charge is -2.49. The Hall–Kier alpha value is -3.60. The van der Waals surface area contributed by atoms with Crippen LogP contribution in [0.4, 0.5) is 18.0 Å². The highest BCUT2D eigenvalue weighted by molar-refractivity contribution is 5.84. The standard InChI is InChI=1S/C29H34F3N5O3/c1-29(2,3)40-28(39)34-23-13-25(36-15-18-14-33-35-24(18)16-36)27(38)37(11-10-17-6-4-5-7-21(17)31)26(23)20-12-19(30)8-9-22(20)32/h4-9,14,20,23,25-26H,10-13,15-16H2,1-3H3,(H,33,35)(H,34,39)/t20?,23?,25?,26-/m1/s1. The quantitative estimate of drug-likeness (QED) is 0.538. The molecule has 40 heavy (non-hydrogen) atoms. The molecule has 1 saturated heterocycles. The number of hydrogen-bond acceptors (Lipinski definition) is 5. The molecule has 1 fully saturated rings. The molecule has 11 heteroatoms. The number of carbonyl (C=O) groups is 2. The third-order valence-electron chi connectivity index (χ3n) is 7.69. The van der Waals surface area contributed by atoms with Gasteiger partial charge in [0.15, 0.2) is 0 Å². The van der Waals surface area contributed by atoms with E-state index in [1.54, 1.807) is 45.2 Å². The predicted molar refractivity (Wildman–Crippen MR) is 141 cm³/mol. The molecule has 2 aliphatic heterocycles. The van der Waals surface area contributed by atoms with E-state index in [-0.39, 0.29) is 31.7 Å². The van der Waals surface area contributed by atoms with Gasteiger partial charge in [0.05, 0.1) is 30.0 Å². The second-order valence-electron chi connectivity index (χ2n) is 11.6. The van der Waals surface area contributed by atoms with Gasteiger partial charge in [-0.05, 0) is 57.4 Å². The Labute approximate surface area is 231 Å². The average Bonchev–Trinajstić information content (AvgIpc) is 3.48. The number of amides is 2. The molecule has 8 nitrogen and oxygen atoms in total. The topological polar surface area (TPSA) is 90.6 Å². The summed E-state index contributed by atoms with van der Waals surface area (Å²) < 4.78 is 49.9. The van der Waals surface area contributed by atoms with Crippen LogP contribution in [-0.2, 0) is 29.0 Å². The summed E-state index contributed by atoms with van der Waals surface area (Å²) >= 11 is 0. The second kappa shape index (κ2) is 11.1. The Morgan fingerprint density at radius 2 is 1.95 bits per heavy atom. The van der Waals surface area contributed by atoms with Crippen molar-refractivity contribution in [3.05, 3.63) is 76.9 Å². The normalized spacial score (nSPS) is 25.4. The van der Waals surface area contributed by atoms with Gasteiger partial charge < -0.3 is 15.0 Å². The van der Waals surface area contributed by atoms with Gasteiger partial charge >= 0.3 is 6.09 Å². The third kappa shape index (κ3) is 5.94. The fraction of sp³-hybridized carbons (Fsp3) is 0.483. The van der Waals surface area contributed by atoms with E-state index in [0.717, 1.165) is 23.4 Å². The van der Waals surface area contributed by atoms with E-state index in [1.165, 1.54) is 11.0 Å². The number of benzene rings is 1. The van der Waals surface area contributed by atoms with E-state index in [4.69, 9.17) is 4.74 Å². The van der Waals surface area contributed by atoms with Crippen LogP contribution < -0.4 is 5.32 Å². The molecule has 3 unspecified atom stereocenters. The number of aromatic nitrogens is 2. The van der Waals surface area contributed by atoms with Crippen molar-refractivity contribution in [2.45, 2.75) is 76.8 Å². The number of rotatable bonds is 6. The number of aromatic amines is 1. The van der Waals surface area contributed by atoms with Gasteiger partial charge in [-0.1, -0.05) is 18.2 Å². The zero-order valence-corrected chi connectivity index (χ0v) is 22.8. The van der Waals surface area contributed by atoms with E-state index in [9.17, 15) is 18.4 Å². The van der Waals surface area contributed by atoms with E-state index in [1.807, 2.05) is 4.90 Å². The first-order valence-corrected chi connectivity index (χ1v) is 13.5. The van der Waals surface area contributed by atoms with Crippen LogP contribution in [0.25, 0.3) is 0 Å². The monoisotopic (exact) mass is 557 g/mol. The summed E-state index contributed by atoms with van der Waals surface area (Å²) in [5, 5.41) is 9.89. The highest BCUT2D eigenvalue weighted by atomic mass is 19.1. The first-order valence-electron chi connectivity index (χ1n) is 13.5. The first kappa shape index (κ1) is 27.9. The summed E-state index contributed by atoms with van der Waals surface area (Å²) in [5.41, 5.74) is 1.49. The number of carbonyl (C=O) groups excluding carboxylic acids is 2. The van der Waals surface area contributed by atoms with E-state index in [0.29, 0.717) is 18.7 Å². The molecular weight excluding hydrogens is 523 g/mol. The summed E-state index contributed by atoms with van der Waals surface area (Å²) in [7, 11) is 0. The first-order chi connectivity index (χ1) is 19.0. The zero-order valence-electron chi connectivity index (χ0n) is 22.8. The van der Waals surface area contributed by atoms with Crippen molar-refractivity contribution in [1.29, 1.82) is 0 Å². The molecule has 2 amide bonds. The second-order valence-corrected chi connectivity index (χ2v) is 11.6. The molecule has 1 aromatic carbocycles. The Morgan fingerprint density at radius 1 is 1.18 bits per heavy atom. The molecule has 2 N–H and O–H groups in total. The zero-order chi connectivity index (χ0) is 28.6. The van der Waals surface area contributed by atoms with Crippen LogP contribution in [0.15, 0.2) is 54.3 Å². The molecule has 0 radical (unpaired) electrons. The molecule has 0 spiro atoms. The molecule has 1 aromatic heterocycles. The average molecular weight is 558 g/mol. The lowest BCUT2D eigenvalue weighted by molar-refractivity contribution is -0.147. The molecule has 0 saturated carbocycles. The third-order valence-corrected chi connectivity index (χ3v) is 7.69. The molecule has 214 valence electrons. The number of ether oxygens (including phenoxy) is 1. The molecular formula is C29H34F3N5O3. The van der Waals surface area contributed by atoms with Gasteiger partial charge in [0.1, 0.15) is 23.1 Å². The van der Waals surface area contributed by atoms with Crippen LogP contribution in [-0.4, -0.2) is 62.3 Å². The number of halogens is 3. The molecule has 1 aliphatic carbocycles. The maximum absolute atomic E-state index is 15.3. The maximum atomic E-state index is 15.3. The lowest BCUT2D eigenvalue weighted by Crippen LogP contribution is -2.67. The fourth-order valence-electron chi connectivity index (χ4n) is 5.91. The van der Waals surface area contributed by atoms with Crippen molar-refractivity contribution in [2.24, 2.45) is 5.92 Å². The summed E-state index contributed by atoms with van der Waals surface area (Å²) in [4.78, 5) is 30.6. The minimum Gasteiger partial charge on any atom is -0.444 e. The Balaban J connectivity index is 1.49. The minimum absolute atomic E-state index is 0.0588. The molecule has 5 rings (SSSR count). The SMILES string of the molecule is CC(C)(C)OC(=O)NC1CC(N2Cc3cn[nH]c3C2)C(=O)N(CCc2ccccc2F)[C@@H]1C1CC(F)=CC=C1F. The van der Waals surface area contributed by atoms with Crippen molar-refractivity contribution >= 4 is 12.0 Å². The van der Waals surface area contributed by atoms with E-state index in [2.05, 4.69) is 15.5 Å². The van der Waals surface area contributed by atoms with Crippen LogP contribution in [0.1, 0.15) is 50.4 Å². The Kier molecular flexibility index (Phi) is 7.76. The molecule has 4 atom stereocenters. The van der Waals surface area contributed by atoms with E-state index < -0.39 is 53.2 Å². The summed E-state index contributed by atoms with van der Waals surface area (Å²) in [6.45, 7) is 6.17. The number of hydrogen-bond donors (Lipinski definition) is 2. The van der Waals surface area contributed by atoms with Gasteiger partial charge in [-0.25, -0.2) is 18.0 Å². The molecule has 3 heterocycles. The Morgan fingerprint density at radius 3 is 2.67 bits per heavy atom. The van der Waals surface area contributed by atoms with Crippen LogP contribution in [0.3, 0.4) is 0 Å². The van der Waals surface area contributed by atoms with Crippen LogP contribution >= 0.6 is 0 Å². The molecule has 3 aliphatic rings. The predicted octanol–water partition coefficient (Wildman–Crippen LogP) is 4.70. The van der Waals surface area contributed by atoms with Gasteiger partial charge in [0.25, 0.3) is 0 Å². The Bertz CT molecular complexity index is 1310. The largest absolute Gasteiger partial charge is 0.444 e. The van der Waals surface area contributed by atoms with E-state index >= 15 is 4.39 Å². The van der Waals surface area contributed by atoms with Crippen molar-refractivity contribution in [3.8, 4) is 0 Å². The van der Waals surface area contributed by atoms with Gasteiger partial charge in [-0.2, -0.15) is 5.10 Å². The number of nitrogens with one attached hydrogen (secondary N) is 2. The summed E-state index contributed by atoms with van der Waals surface area (Å²) in [6, 6.07) is 3.93. The number of H-pyrrole nitrogens is 1. The van der Waals surface area contributed by atoms with Gasteiger partial charge in [-0.3, -0.25) is 14.8 Å². The molecule has 2 aromatic rings. The summed E-state index contributed by atoms with van der Waals surface area (Å²) in [6.07, 6.45) is 3.23. The number of alkyl carbamates (subject to hydrolysis) is 1. The number of fused-ring (bicyclic) bond motifs is 1. The van der Waals surface area contributed by atoms with Crippen LogP contribution in [0.5, 0.6) is 0 Å². The van der Waals surface area contributed by atoms with Gasteiger partial charge in [0.2, 0.25) is 5.91 Å². The highest BCUT2D eigenvalue weighted by Crippen LogP contribution is 2.39. The number of allylic oxidation sites excluding steroid dienone is 3. The van der Waals surface area contributed by atoms with Crippen LogP contribution in [0.2, 0.25) is 0 Å². The highest BCUT2D eigenvalue weighted by Gasteiger charge is 2.50. The minimum atomic E-state index is -1.02. The fourth-order valence-corrected chi connectivity index (χ4v) is 5.91. The van der Waals surface area contributed by atoms with Crippen molar-refractivity contribution in [1.82, 2.24) is 25.3 Å². The van der Waals surface area contributed by atoms with Gasteiger partial charge in [-0.15, -0.1) is 0 Å². The van der Waals surface area contributed by atoms with Gasteiger partial charge in [0, 0.05) is 37.5 Å². The number of nitrogens with zero attached hydrogens (tertiary/aromatic N) is 3. The smallest absolute Gasteiger partial charge is 0.407 e. The number of likely N-dealkylation sites (tertiary alicyclic amines) is 1. The van der Waals surface area contributed by atoms with Crippen LogP contribution in [0, 0.1) is 11.7 Å². The lowest BCUT2D eigenvalue weighted by atomic mass is 9.79. The summed E-state index contributed by atoms with van der Waals surface area (Å²) in [5.74, 6) is -2.80. The van der Waals surface area contributed by atoms with Crippen molar-refractivity contribution in [2.75, 3.05) is 6.54 Å². The maximum Gasteiger partial charge on any atom is 0.407 e. The van der Waals surface area contributed by atoms with Crippen molar-refractivity contribution in [3.63, 3.8) is 0 Å². The number of piperidine rings is 1. The molecule has 0 bridgehead atoms. The van der Waals surface area contributed by atoms with Crippen molar-refractivity contribution < 1.29 is 27.5 Å².